The van der Waals surface area contributed by atoms with E-state index in [1.54, 1.807) is 56.3 Å². The molecule has 4 rings (SSSR count). The van der Waals surface area contributed by atoms with E-state index in [9.17, 15) is 13.5 Å². The molecule has 0 unspecified atom stereocenters. The maximum absolute atomic E-state index is 13.3. The molecule has 10 nitrogen and oxygen atoms in total. The Morgan fingerprint density at radius 2 is 1.71 bits per heavy atom. The van der Waals surface area contributed by atoms with Gasteiger partial charge in [-0.2, -0.15) is 0 Å². The summed E-state index contributed by atoms with van der Waals surface area (Å²) < 4.78 is 47.3. The SMILES string of the molecule is COc1cccc(OC)c1-n1c(NS(=O)(=O)c2cccc([C@H](C)O)c2)nnc1-c1ccc(C)o1. The summed E-state index contributed by atoms with van der Waals surface area (Å²) in [7, 11) is -1.12. The van der Waals surface area contributed by atoms with Gasteiger partial charge in [-0.1, -0.05) is 18.2 Å². The molecule has 0 saturated heterocycles. The van der Waals surface area contributed by atoms with E-state index in [2.05, 4.69) is 14.9 Å². The Bertz CT molecular complexity index is 1400. The van der Waals surface area contributed by atoms with Crippen LogP contribution >= 0.6 is 0 Å². The first-order valence-electron chi connectivity index (χ1n) is 10.3. The molecular weight excluding hydrogens is 460 g/mol. The molecule has 0 radical (unpaired) electrons. The topological polar surface area (TPSA) is 129 Å². The number of sulfonamides is 1. The number of methoxy groups -OCH3 is 2. The lowest BCUT2D eigenvalue weighted by Gasteiger charge is -2.17. The van der Waals surface area contributed by atoms with E-state index in [0.717, 1.165) is 0 Å². The third-order valence-corrected chi connectivity index (χ3v) is 6.45. The molecule has 11 heteroatoms. The van der Waals surface area contributed by atoms with Crippen LogP contribution in [-0.2, 0) is 10.0 Å². The molecule has 178 valence electrons. The molecule has 0 aliphatic heterocycles. The van der Waals surface area contributed by atoms with Crippen LogP contribution in [0.3, 0.4) is 0 Å². The summed E-state index contributed by atoms with van der Waals surface area (Å²) in [6.45, 7) is 3.34. The van der Waals surface area contributed by atoms with Gasteiger partial charge in [0, 0.05) is 0 Å². The van der Waals surface area contributed by atoms with Gasteiger partial charge >= 0.3 is 0 Å². The highest BCUT2D eigenvalue weighted by Gasteiger charge is 2.27. The first-order chi connectivity index (χ1) is 16.2. The Hall–Kier alpha value is -3.83. The van der Waals surface area contributed by atoms with Gasteiger partial charge in [0.25, 0.3) is 10.0 Å². The normalized spacial score (nSPS) is 12.4. The van der Waals surface area contributed by atoms with Crippen LogP contribution in [0.5, 0.6) is 11.5 Å². The average Bonchev–Trinajstić information content (AvgIpc) is 3.43. The zero-order valence-electron chi connectivity index (χ0n) is 19.0. The number of nitrogens with one attached hydrogen (secondary N) is 1. The van der Waals surface area contributed by atoms with Crippen LogP contribution in [0.25, 0.3) is 17.3 Å². The minimum absolute atomic E-state index is 0.0390. The Labute approximate surface area is 196 Å². The number of rotatable bonds is 8. The van der Waals surface area contributed by atoms with E-state index in [1.165, 1.54) is 30.9 Å². The van der Waals surface area contributed by atoms with Crippen molar-refractivity contribution in [1.82, 2.24) is 14.8 Å². The number of benzene rings is 2. The second-order valence-electron chi connectivity index (χ2n) is 7.46. The van der Waals surface area contributed by atoms with Crippen LogP contribution in [0.1, 0.15) is 24.4 Å². The molecule has 0 aliphatic rings. The molecule has 2 aromatic carbocycles. The number of aromatic nitrogens is 3. The fourth-order valence-corrected chi connectivity index (χ4v) is 4.49. The Morgan fingerprint density at radius 1 is 1.03 bits per heavy atom. The molecule has 2 N–H and O–H groups in total. The predicted molar refractivity (Wildman–Crippen MR) is 125 cm³/mol. The number of ether oxygens (including phenoxy) is 2. The van der Waals surface area contributed by atoms with E-state index in [4.69, 9.17) is 13.9 Å². The lowest BCUT2D eigenvalue weighted by atomic mass is 10.1. The van der Waals surface area contributed by atoms with Gasteiger partial charge in [0.15, 0.2) is 5.76 Å². The maximum atomic E-state index is 13.3. The molecule has 4 aromatic rings. The summed E-state index contributed by atoms with van der Waals surface area (Å²) in [5, 5.41) is 18.2. The predicted octanol–water partition coefficient (Wildman–Crippen LogP) is 3.71. The Kier molecular flexibility index (Phi) is 6.31. The summed E-state index contributed by atoms with van der Waals surface area (Å²) >= 11 is 0. The summed E-state index contributed by atoms with van der Waals surface area (Å²) in [5.74, 6) is 1.97. The average molecular weight is 485 g/mol. The van der Waals surface area contributed by atoms with Gasteiger partial charge in [-0.15, -0.1) is 10.2 Å². The fourth-order valence-electron chi connectivity index (χ4n) is 3.45. The molecule has 0 amide bonds. The van der Waals surface area contributed by atoms with Gasteiger partial charge in [0.2, 0.25) is 11.8 Å². The maximum Gasteiger partial charge on any atom is 0.264 e. The van der Waals surface area contributed by atoms with E-state index in [1.807, 2.05) is 0 Å². The lowest BCUT2D eigenvalue weighted by molar-refractivity contribution is 0.199. The quantitative estimate of drug-likeness (QED) is 0.387. The van der Waals surface area contributed by atoms with E-state index in [0.29, 0.717) is 34.3 Å². The van der Waals surface area contributed by atoms with Crippen molar-refractivity contribution in [2.24, 2.45) is 0 Å². The van der Waals surface area contributed by atoms with Gasteiger partial charge in [0.05, 0.1) is 25.2 Å². The fraction of sp³-hybridized carbons (Fsp3) is 0.217. The van der Waals surface area contributed by atoms with Gasteiger partial charge in [-0.05, 0) is 55.8 Å². The zero-order valence-corrected chi connectivity index (χ0v) is 19.8. The molecule has 34 heavy (non-hydrogen) atoms. The van der Waals surface area contributed by atoms with E-state index < -0.39 is 16.1 Å². The summed E-state index contributed by atoms with van der Waals surface area (Å²) in [6.07, 6.45) is -0.828. The third kappa shape index (κ3) is 4.35. The van der Waals surface area contributed by atoms with Gasteiger partial charge in [-0.3, -0.25) is 4.57 Å². The second kappa shape index (κ2) is 9.20. The highest BCUT2D eigenvalue weighted by Crippen LogP contribution is 2.38. The van der Waals surface area contributed by atoms with E-state index >= 15 is 0 Å². The van der Waals surface area contributed by atoms with Crippen molar-refractivity contribution in [3.8, 4) is 28.8 Å². The molecule has 2 heterocycles. The molecule has 0 spiro atoms. The van der Waals surface area contributed by atoms with Crippen LogP contribution in [-0.4, -0.2) is 42.5 Å². The standard InChI is InChI=1S/C23H24N4O6S/c1-14-11-12-20(33-14)22-24-25-23(27(22)21-18(31-3)9-6-10-19(21)32-4)26-34(29,30)17-8-5-7-16(13-17)15(2)28/h5-13,15,28H,1-4H3,(H,25,26)/t15-/m0/s1. The van der Waals surface area contributed by atoms with Crippen molar-refractivity contribution < 1.29 is 27.4 Å². The number of aryl methyl sites for hydroxylation is 1. The first kappa shape index (κ1) is 23.3. The van der Waals surface area contributed by atoms with Gasteiger partial charge in [-0.25, -0.2) is 13.1 Å². The van der Waals surface area contributed by atoms with E-state index in [-0.39, 0.29) is 16.7 Å². The number of anilines is 1. The minimum atomic E-state index is -4.10. The van der Waals surface area contributed by atoms with Crippen LogP contribution in [0.4, 0.5) is 5.95 Å². The van der Waals surface area contributed by atoms with Crippen LogP contribution in [0.2, 0.25) is 0 Å². The number of para-hydroxylation sites is 1. The first-order valence-corrected chi connectivity index (χ1v) is 11.8. The number of furan rings is 1. The highest BCUT2D eigenvalue weighted by atomic mass is 32.2. The summed E-state index contributed by atoms with van der Waals surface area (Å²) in [6, 6.07) is 14.7. The van der Waals surface area contributed by atoms with Gasteiger partial charge < -0.3 is 19.0 Å². The smallest absolute Gasteiger partial charge is 0.264 e. The molecular formula is C23H24N4O6S. The molecule has 2 aromatic heterocycles. The molecule has 0 aliphatic carbocycles. The minimum Gasteiger partial charge on any atom is -0.494 e. The van der Waals surface area contributed by atoms with Crippen molar-refractivity contribution in [2.45, 2.75) is 24.8 Å². The van der Waals surface area contributed by atoms with Crippen molar-refractivity contribution in [3.05, 3.63) is 65.9 Å². The van der Waals surface area contributed by atoms with Crippen LogP contribution < -0.4 is 14.2 Å². The molecule has 0 saturated carbocycles. The lowest BCUT2D eigenvalue weighted by Crippen LogP contribution is -2.17. The number of nitrogens with zero attached hydrogens (tertiary/aromatic N) is 3. The van der Waals surface area contributed by atoms with Crippen LogP contribution in [0, 0.1) is 6.92 Å². The third-order valence-electron chi connectivity index (χ3n) is 5.13. The molecule has 0 fully saturated rings. The monoisotopic (exact) mass is 484 g/mol. The van der Waals surface area contributed by atoms with Crippen molar-refractivity contribution in [1.29, 1.82) is 0 Å². The van der Waals surface area contributed by atoms with Crippen molar-refractivity contribution in [3.63, 3.8) is 0 Å². The van der Waals surface area contributed by atoms with Crippen LogP contribution in [0.15, 0.2) is 63.9 Å². The second-order valence-corrected chi connectivity index (χ2v) is 9.14. The number of hydrogen-bond donors (Lipinski definition) is 2. The van der Waals surface area contributed by atoms with Crippen molar-refractivity contribution in [2.75, 3.05) is 18.9 Å². The zero-order chi connectivity index (χ0) is 24.5. The number of aliphatic hydroxyl groups is 1. The largest absolute Gasteiger partial charge is 0.494 e. The Balaban J connectivity index is 1.90. The van der Waals surface area contributed by atoms with Gasteiger partial charge in [0.1, 0.15) is 22.9 Å². The number of hydrogen-bond acceptors (Lipinski definition) is 8. The van der Waals surface area contributed by atoms with Crippen molar-refractivity contribution >= 4 is 16.0 Å². The molecule has 0 bridgehead atoms. The summed E-state index contributed by atoms with van der Waals surface area (Å²) in [4.78, 5) is -0.0390. The summed E-state index contributed by atoms with van der Waals surface area (Å²) in [5.41, 5.74) is 0.847. The molecule has 1 atom stereocenters. The highest BCUT2D eigenvalue weighted by molar-refractivity contribution is 7.92. The number of aliphatic hydroxyl groups excluding tert-OH is 1. The Morgan fingerprint density at radius 3 is 2.29 bits per heavy atom.